The molecule has 1 unspecified atom stereocenters. The largest absolute Gasteiger partial charge is 0.308 e. The van der Waals surface area contributed by atoms with E-state index in [-0.39, 0.29) is 0 Å². The van der Waals surface area contributed by atoms with E-state index in [0.29, 0.717) is 5.92 Å². The molecule has 1 aromatic heterocycles. The van der Waals surface area contributed by atoms with Crippen LogP contribution in [0.4, 0.5) is 5.82 Å². The molecule has 0 aliphatic carbocycles. The van der Waals surface area contributed by atoms with E-state index in [4.69, 9.17) is 5.84 Å². The van der Waals surface area contributed by atoms with Crippen molar-refractivity contribution in [2.75, 3.05) is 5.43 Å². The van der Waals surface area contributed by atoms with Gasteiger partial charge in [0.1, 0.15) is 5.82 Å². The molecule has 0 amide bonds. The lowest BCUT2D eigenvalue weighted by Gasteiger charge is -2.12. The van der Waals surface area contributed by atoms with Crippen LogP contribution in [0.5, 0.6) is 0 Å². The van der Waals surface area contributed by atoms with Crippen LogP contribution in [0.2, 0.25) is 0 Å². The zero-order valence-corrected chi connectivity index (χ0v) is 12.0. The molecule has 2 rings (SSSR count). The Morgan fingerprint density at radius 1 is 1.26 bits per heavy atom. The van der Waals surface area contributed by atoms with Gasteiger partial charge in [0.15, 0.2) is 0 Å². The van der Waals surface area contributed by atoms with Crippen LogP contribution in [-0.4, -0.2) is 4.98 Å². The molecule has 3 heteroatoms. The van der Waals surface area contributed by atoms with Crippen LogP contribution in [0.3, 0.4) is 0 Å². The van der Waals surface area contributed by atoms with Gasteiger partial charge in [-0.3, -0.25) is 0 Å². The minimum Gasteiger partial charge on any atom is -0.308 e. The van der Waals surface area contributed by atoms with Crippen LogP contribution in [-0.2, 0) is 6.42 Å². The van der Waals surface area contributed by atoms with Crippen molar-refractivity contribution < 1.29 is 0 Å². The summed E-state index contributed by atoms with van der Waals surface area (Å²) in [5.74, 6) is 6.95. The smallest absolute Gasteiger partial charge is 0.143 e. The number of fused-ring (bicyclic) bond motifs is 1. The second kappa shape index (κ2) is 6.02. The third-order valence-corrected chi connectivity index (χ3v) is 3.76. The van der Waals surface area contributed by atoms with Crippen LogP contribution < -0.4 is 11.3 Å². The topological polar surface area (TPSA) is 50.9 Å². The highest BCUT2D eigenvalue weighted by Gasteiger charge is 2.08. The van der Waals surface area contributed by atoms with Crippen molar-refractivity contribution in [2.24, 2.45) is 5.84 Å². The van der Waals surface area contributed by atoms with Gasteiger partial charge in [-0.2, -0.15) is 0 Å². The van der Waals surface area contributed by atoms with Gasteiger partial charge in [-0.1, -0.05) is 33.3 Å². The van der Waals surface area contributed by atoms with E-state index in [1.54, 1.807) is 0 Å². The number of benzene rings is 1. The molecule has 1 atom stereocenters. The Morgan fingerprint density at radius 2 is 2.05 bits per heavy atom. The summed E-state index contributed by atoms with van der Waals surface area (Å²) in [6.45, 7) is 6.65. The molecular formula is C16H23N3. The number of anilines is 1. The number of nitrogen functional groups attached to an aromatic ring is 1. The van der Waals surface area contributed by atoms with E-state index in [0.717, 1.165) is 30.6 Å². The molecule has 0 aliphatic heterocycles. The number of hydrogen-bond acceptors (Lipinski definition) is 3. The maximum Gasteiger partial charge on any atom is 0.143 e. The number of hydrazine groups is 1. The normalized spacial score (nSPS) is 12.6. The standard InChI is InChI=1S/C16H23N3/c1-4-6-13-10-14-9-12(11(3)5-2)7-8-15(14)18-16(13)19-17/h7-11H,4-6,17H2,1-3H3,(H,18,19). The van der Waals surface area contributed by atoms with E-state index in [2.05, 4.69) is 55.4 Å². The van der Waals surface area contributed by atoms with Crippen molar-refractivity contribution in [3.63, 3.8) is 0 Å². The first-order valence-corrected chi connectivity index (χ1v) is 7.09. The summed E-state index contributed by atoms with van der Waals surface area (Å²) in [6.07, 6.45) is 3.24. The number of pyridine rings is 1. The number of aryl methyl sites for hydroxylation is 1. The predicted molar refractivity (Wildman–Crippen MR) is 82.3 cm³/mol. The number of hydrogen-bond donors (Lipinski definition) is 2. The van der Waals surface area contributed by atoms with E-state index in [1.807, 2.05) is 0 Å². The maximum atomic E-state index is 5.56. The number of aromatic nitrogens is 1. The molecule has 0 bridgehead atoms. The van der Waals surface area contributed by atoms with Crippen molar-refractivity contribution >= 4 is 16.7 Å². The van der Waals surface area contributed by atoms with Crippen LogP contribution in [0.1, 0.15) is 50.7 Å². The zero-order chi connectivity index (χ0) is 13.8. The van der Waals surface area contributed by atoms with Crippen LogP contribution in [0.25, 0.3) is 10.9 Å². The quantitative estimate of drug-likeness (QED) is 0.629. The Bertz CT molecular complexity index is 563. The van der Waals surface area contributed by atoms with Crippen LogP contribution in [0.15, 0.2) is 24.3 Å². The van der Waals surface area contributed by atoms with Gasteiger partial charge in [0.25, 0.3) is 0 Å². The minimum absolute atomic E-state index is 0.589. The first-order valence-electron chi connectivity index (χ1n) is 7.09. The van der Waals surface area contributed by atoms with Gasteiger partial charge < -0.3 is 5.43 Å². The molecule has 3 N–H and O–H groups in total. The lowest BCUT2D eigenvalue weighted by molar-refractivity contribution is 0.734. The summed E-state index contributed by atoms with van der Waals surface area (Å²) >= 11 is 0. The number of rotatable bonds is 5. The Kier molecular flexibility index (Phi) is 4.38. The van der Waals surface area contributed by atoms with Gasteiger partial charge in [-0.25, -0.2) is 10.8 Å². The van der Waals surface area contributed by atoms with Crippen molar-refractivity contribution in [1.29, 1.82) is 0 Å². The summed E-state index contributed by atoms with van der Waals surface area (Å²) in [7, 11) is 0. The summed E-state index contributed by atoms with van der Waals surface area (Å²) in [6, 6.07) is 8.74. The molecule has 3 nitrogen and oxygen atoms in total. The van der Waals surface area contributed by atoms with Gasteiger partial charge in [-0.05, 0) is 48.1 Å². The fourth-order valence-electron chi connectivity index (χ4n) is 2.37. The Labute approximate surface area is 115 Å². The fourth-order valence-corrected chi connectivity index (χ4v) is 2.37. The maximum absolute atomic E-state index is 5.56. The lowest BCUT2D eigenvalue weighted by atomic mass is 9.96. The molecule has 2 aromatic rings. The molecule has 1 aromatic carbocycles. The highest BCUT2D eigenvalue weighted by molar-refractivity contribution is 5.82. The monoisotopic (exact) mass is 257 g/mol. The average Bonchev–Trinajstić information content (AvgIpc) is 2.45. The van der Waals surface area contributed by atoms with E-state index >= 15 is 0 Å². The first kappa shape index (κ1) is 13.8. The molecule has 0 spiro atoms. The Morgan fingerprint density at radius 3 is 2.68 bits per heavy atom. The number of nitrogens with zero attached hydrogens (tertiary/aromatic N) is 1. The highest BCUT2D eigenvalue weighted by atomic mass is 15.2. The summed E-state index contributed by atoms with van der Waals surface area (Å²) < 4.78 is 0. The molecule has 1 heterocycles. The fraction of sp³-hybridized carbons (Fsp3) is 0.438. The van der Waals surface area contributed by atoms with Gasteiger partial charge in [0.05, 0.1) is 5.52 Å². The van der Waals surface area contributed by atoms with E-state index < -0.39 is 0 Å². The molecule has 102 valence electrons. The summed E-state index contributed by atoms with van der Waals surface area (Å²) in [5.41, 5.74) is 6.29. The molecule has 0 saturated heterocycles. The Balaban J connectivity index is 2.52. The SMILES string of the molecule is CCCc1cc2cc(C(C)CC)ccc2nc1NN. The van der Waals surface area contributed by atoms with Crippen molar-refractivity contribution in [3.05, 3.63) is 35.4 Å². The average molecular weight is 257 g/mol. The molecule has 0 fully saturated rings. The molecule has 0 aliphatic rings. The zero-order valence-electron chi connectivity index (χ0n) is 12.0. The number of nitrogens with two attached hydrogens (primary N) is 1. The third-order valence-electron chi connectivity index (χ3n) is 3.76. The Hall–Kier alpha value is -1.61. The summed E-state index contributed by atoms with van der Waals surface area (Å²) in [5, 5.41) is 1.21. The molecular weight excluding hydrogens is 234 g/mol. The third kappa shape index (κ3) is 2.87. The second-order valence-corrected chi connectivity index (χ2v) is 5.15. The van der Waals surface area contributed by atoms with Gasteiger partial charge in [0, 0.05) is 5.39 Å². The van der Waals surface area contributed by atoms with E-state index in [9.17, 15) is 0 Å². The van der Waals surface area contributed by atoms with Gasteiger partial charge in [-0.15, -0.1) is 0 Å². The van der Waals surface area contributed by atoms with Crippen molar-refractivity contribution in [1.82, 2.24) is 4.98 Å². The molecule has 0 radical (unpaired) electrons. The molecule has 19 heavy (non-hydrogen) atoms. The predicted octanol–water partition coefficient (Wildman–Crippen LogP) is 3.99. The summed E-state index contributed by atoms with van der Waals surface area (Å²) in [4.78, 5) is 4.60. The van der Waals surface area contributed by atoms with Crippen LogP contribution >= 0.6 is 0 Å². The highest BCUT2D eigenvalue weighted by Crippen LogP contribution is 2.26. The van der Waals surface area contributed by atoms with Gasteiger partial charge >= 0.3 is 0 Å². The van der Waals surface area contributed by atoms with Crippen LogP contribution in [0, 0.1) is 0 Å². The first-order chi connectivity index (χ1) is 9.19. The number of nitrogens with one attached hydrogen (secondary N) is 1. The molecule has 0 saturated carbocycles. The van der Waals surface area contributed by atoms with Crippen molar-refractivity contribution in [2.45, 2.75) is 46.0 Å². The second-order valence-electron chi connectivity index (χ2n) is 5.15. The van der Waals surface area contributed by atoms with Crippen molar-refractivity contribution in [3.8, 4) is 0 Å². The lowest BCUT2D eigenvalue weighted by Crippen LogP contribution is -2.11. The van der Waals surface area contributed by atoms with E-state index in [1.165, 1.54) is 16.5 Å². The minimum atomic E-state index is 0.589. The van der Waals surface area contributed by atoms with Gasteiger partial charge in [0.2, 0.25) is 0 Å².